The fraction of sp³-hybridized carbons (Fsp3) is 0.923. The van der Waals surface area contributed by atoms with Gasteiger partial charge in [0.25, 0.3) is 0 Å². The second-order valence-corrected chi connectivity index (χ2v) is 9.75. The first-order chi connectivity index (χ1) is 14.4. The molecule has 0 saturated heterocycles. The molecule has 0 atom stereocenters. The van der Waals surface area contributed by atoms with Crippen LogP contribution in [0.2, 0.25) is 0 Å². The molecule has 0 spiro atoms. The Morgan fingerprint density at radius 1 is 0.667 bits per heavy atom. The Bertz CT molecular complexity index is 421. The quantitative estimate of drug-likeness (QED) is 0.108. The first kappa shape index (κ1) is 29.1. The van der Waals surface area contributed by atoms with Crippen LogP contribution in [-0.4, -0.2) is 50.0 Å². The molecule has 0 amide bonds. The highest BCUT2D eigenvalue weighted by molar-refractivity contribution is 5.79. The number of rotatable bonds is 22. The van der Waals surface area contributed by atoms with Gasteiger partial charge in [0, 0.05) is 13.3 Å². The fourth-order valence-electron chi connectivity index (χ4n) is 3.94. The predicted octanol–water partition coefficient (Wildman–Crippen LogP) is 6.85. The molecule has 4 heteroatoms. The molecule has 0 N–H and O–H groups in total. The van der Waals surface area contributed by atoms with E-state index in [4.69, 9.17) is 4.74 Å². The lowest BCUT2D eigenvalue weighted by molar-refractivity contribution is -0.882. The summed E-state index contributed by atoms with van der Waals surface area (Å²) in [7, 11) is 4.05. The van der Waals surface area contributed by atoms with Crippen LogP contribution in [0, 0.1) is 0 Å². The third kappa shape index (κ3) is 21.8. The molecule has 0 rings (SSSR count). The molecule has 4 nitrogen and oxygen atoms in total. The minimum absolute atomic E-state index is 0.255. The maximum atomic E-state index is 12.2. The molecule has 0 bridgehead atoms. The van der Waals surface area contributed by atoms with Crippen molar-refractivity contribution in [2.75, 3.05) is 33.8 Å². The van der Waals surface area contributed by atoms with Crippen molar-refractivity contribution in [3.05, 3.63) is 0 Å². The summed E-state index contributed by atoms with van der Waals surface area (Å²) < 4.78 is 5.58. The summed E-state index contributed by atoms with van der Waals surface area (Å²) in [4.78, 5) is 23.0. The third-order valence-electron chi connectivity index (χ3n) is 5.92. The first-order valence-corrected chi connectivity index (χ1v) is 12.8. The van der Waals surface area contributed by atoms with Crippen molar-refractivity contribution < 1.29 is 18.8 Å². The van der Waals surface area contributed by atoms with E-state index in [2.05, 4.69) is 6.92 Å². The van der Waals surface area contributed by atoms with Crippen LogP contribution in [0.1, 0.15) is 123 Å². The number of carbonyl (C=O) groups excluding carboxylic acids is 2. The Kier molecular flexibility index (Phi) is 19.4. The minimum Gasteiger partial charge on any atom is -0.460 e. The number of hydrogen-bond donors (Lipinski definition) is 0. The highest BCUT2D eigenvalue weighted by atomic mass is 16.5. The summed E-state index contributed by atoms with van der Waals surface area (Å²) in [5.74, 6) is 0.0719. The predicted molar refractivity (Wildman–Crippen MR) is 128 cm³/mol. The Morgan fingerprint density at radius 3 is 1.47 bits per heavy atom. The van der Waals surface area contributed by atoms with E-state index >= 15 is 0 Å². The Morgan fingerprint density at radius 2 is 1.07 bits per heavy atom. The SMILES string of the molecule is CCCCCCCCCCCCCCCCCCC(=O)C[N+](C)(C)CCOC(C)=O. The average molecular weight is 427 g/mol. The van der Waals surface area contributed by atoms with Gasteiger partial charge < -0.3 is 9.22 Å². The van der Waals surface area contributed by atoms with Crippen molar-refractivity contribution >= 4 is 11.8 Å². The number of hydrogen-bond acceptors (Lipinski definition) is 3. The van der Waals surface area contributed by atoms with Gasteiger partial charge in [0.1, 0.15) is 19.7 Å². The molecule has 0 aromatic heterocycles. The Labute approximate surface area is 187 Å². The molecule has 0 aromatic rings. The van der Waals surface area contributed by atoms with Crippen molar-refractivity contribution in [2.24, 2.45) is 0 Å². The highest BCUT2D eigenvalue weighted by Crippen LogP contribution is 2.14. The molecular weight excluding hydrogens is 374 g/mol. The second-order valence-electron chi connectivity index (χ2n) is 9.75. The number of carbonyl (C=O) groups is 2. The number of ether oxygens (including phenoxy) is 1. The van der Waals surface area contributed by atoms with Crippen LogP contribution in [0.4, 0.5) is 0 Å². The van der Waals surface area contributed by atoms with Gasteiger partial charge in [-0.25, -0.2) is 0 Å². The van der Waals surface area contributed by atoms with Gasteiger partial charge in [-0.15, -0.1) is 0 Å². The molecule has 0 saturated carbocycles. The molecule has 178 valence electrons. The normalized spacial score (nSPS) is 11.6. The van der Waals surface area contributed by atoms with Crippen LogP contribution >= 0.6 is 0 Å². The average Bonchev–Trinajstić information content (AvgIpc) is 2.66. The summed E-state index contributed by atoms with van der Waals surface area (Å²) in [6.45, 7) is 5.29. The van der Waals surface area contributed by atoms with Crippen LogP contribution in [0.3, 0.4) is 0 Å². The van der Waals surface area contributed by atoms with Crippen molar-refractivity contribution in [3.8, 4) is 0 Å². The summed E-state index contributed by atoms with van der Waals surface area (Å²) in [5.41, 5.74) is 0. The van der Waals surface area contributed by atoms with Crippen molar-refractivity contribution in [1.29, 1.82) is 0 Å². The van der Waals surface area contributed by atoms with E-state index in [-0.39, 0.29) is 5.97 Å². The van der Waals surface area contributed by atoms with Gasteiger partial charge in [-0.3, -0.25) is 9.59 Å². The standard InChI is InChI=1S/C26H52NO3/c1-5-6-7-8-9-10-11-12-13-14-15-16-17-18-19-20-21-26(29)24-27(3,4)22-23-30-25(2)28/h5-24H2,1-4H3/q+1. The summed E-state index contributed by atoms with van der Waals surface area (Å²) in [6.07, 6.45) is 22.3. The zero-order valence-electron chi connectivity index (χ0n) is 20.8. The zero-order valence-corrected chi connectivity index (χ0v) is 20.8. The molecule has 0 fully saturated rings. The fourth-order valence-corrected chi connectivity index (χ4v) is 3.94. The molecule has 0 aliphatic carbocycles. The van der Waals surface area contributed by atoms with E-state index in [1.54, 1.807) is 0 Å². The smallest absolute Gasteiger partial charge is 0.302 e. The van der Waals surface area contributed by atoms with Crippen molar-refractivity contribution in [2.45, 2.75) is 123 Å². The van der Waals surface area contributed by atoms with E-state index in [1.165, 1.54) is 103 Å². The van der Waals surface area contributed by atoms with Crippen LogP contribution < -0.4 is 0 Å². The van der Waals surface area contributed by atoms with Crippen LogP contribution in [0.15, 0.2) is 0 Å². The van der Waals surface area contributed by atoms with Crippen molar-refractivity contribution in [3.63, 3.8) is 0 Å². The minimum atomic E-state index is -0.255. The monoisotopic (exact) mass is 426 g/mol. The highest BCUT2D eigenvalue weighted by Gasteiger charge is 2.19. The molecule has 0 aliphatic rings. The van der Waals surface area contributed by atoms with E-state index < -0.39 is 0 Å². The molecule has 30 heavy (non-hydrogen) atoms. The Balaban J connectivity index is 3.37. The van der Waals surface area contributed by atoms with Crippen LogP contribution in [0.5, 0.6) is 0 Å². The Hall–Kier alpha value is -0.900. The molecule has 0 unspecified atom stereocenters. The maximum Gasteiger partial charge on any atom is 0.302 e. The van der Waals surface area contributed by atoms with Gasteiger partial charge in [0.2, 0.25) is 0 Å². The zero-order chi connectivity index (χ0) is 22.5. The molecule has 0 aliphatic heterocycles. The number of nitrogens with zero attached hydrogens (tertiary/aromatic N) is 1. The van der Waals surface area contributed by atoms with Gasteiger partial charge in [-0.1, -0.05) is 103 Å². The lowest BCUT2D eigenvalue weighted by Crippen LogP contribution is -2.46. The lowest BCUT2D eigenvalue weighted by Gasteiger charge is -2.28. The molecular formula is C26H52NO3+. The van der Waals surface area contributed by atoms with E-state index in [1.807, 2.05) is 14.1 Å². The van der Waals surface area contributed by atoms with E-state index in [0.717, 1.165) is 6.42 Å². The van der Waals surface area contributed by atoms with Gasteiger partial charge in [0.05, 0.1) is 14.1 Å². The summed E-state index contributed by atoms with van der Waals surface area (Å²) in [5, 5.41) is 0. The van der Waals surface area contributed by atoms with E-state index in [0.29, 0.717) is 36.4 Å². The lowest BCUT2D eigenvalue weighted by atomic mass is 10.0. The number of quaternary nitrogens is 1. The molecule has 0 heterocycles. The number of esters is 1. The third-order valence-corrected chi connectivity index (χ3v) is 5.92. The molecule has 0 aromatic carbocycles. The van der Waals surface area contributed by atoms with Gasteiger partial charge in [-0.2, -0.15) is 0 Å². The van der Waals surface area contributed by atoms with Crippen LogP contribution in [-0.2, 0) is 14.3 Å². The number of unbranched alkanes of at least 4 members (excludes halogenated alkanes) is 15. The number of ketones is 1. The maximum absolute atomic E-state index is 12.2. The number of likely N-dealkylation sites (N-methyl/N-ethyl adjacent to an activating group) is 1. The van der Waals surface area contributed by atoms with Crippen molar-refractivity contribution in [1.82, 2.24) is 0 Å². The van der Waals surface area contributed by atoms with Crippen LogP contribution in [0.25, 0.3) is 0 Å². The topological polar surface area (TPSA) is 43.4 Å². The summed E-state index contributed by atoms with van der Waals surface area (Å²) >= 11 is 0. The van der Waals surface area contributed by atoms with E-state index in [9.17, 15) is 9.59 Å². The first-order valence-electron chi connectivity index (χ1n) is 12.8. The largest absolute Gasteiger partial charge is 0.460 e. The second kappa shape index (κ2) is 20.0. The molecule has 0 radical (unpaired) electrons. The summed E-state index contributed by atoms with van der Waals surface area (Å²) in [6, 6.07) is 0. The van der Waals surface area contributed by atoms with Gasteiger partial charge >= 0.3 is 5.97 Å². The number of Topliss-reactive ketones (excluding diaryl/α,β-unsaturated/α-hetero) is 1. The van der Waals surface area contributed by atoms with Gasteiger partial charge in [0.15, 0.2) is 5.78 Å². The van der Waals surface area contributed by atoms with Gasteiger partial charge in [-0.05, 0) is 6.42 Å².